The highest BCUT2D eigenvalue weighted by molar-refractivity contribution is 5.97. The lowest BCUT2D eigenvalue weighted by atomic mass is 9.92. The van der Waals surface area contributed by atoms with Crippen molar-refractivity contribution in [1.29, 1.82) is 0 Å². The first kappa shape index (κ1) is 21.5. The van der Waals surface area contributed by atoms with E-state index < -0.39 is 0 Å². The van der Waals surface area contributed by atoms with Crippen molar-refractivity contribution in [3.8, 4) is 22.9 Å². The van der Waals surface area contributed by atoms with Gasteiger partial charge in [0.25, 0.3) is 5.91 Å². The van der Waals surface area contributed by atoms with Gasteiger partial charge in [0.2, 0.25) is 0 Å². The first-order valence-corrected chi connectivity index (χ1v) is 10.6. The predicted molar refractivity (Wildman–Crippen MR) is 122 cm³/mol. The Morgan fingerprint density at radius 2 is 1.91 bits per heavy atom. The van der Waals surface area contributed by atoms with E-state index >= 15 is 0 Å². The summed E-state index contributed by atoms with van der Waals surface area (Å²) in [6.45, 7) is 1.29. The predicted octanol–water partition coefficient (Wildman–Crippen LogP) is 3.62. The maximum absolute atomic E-state index is 13.2. The summed E-state index contributed by atoms with van der Waals surface area (Å²) in [5, 5.41) is 3.13. The molecule has 8 nitrogen and oxygen atoms in total. The van der Waals surface area contributed by atoms with Gasteiger partial charge in [-0.2, -0.15) is 0 Å². The zero-order chi connectivity index (χ0) is 22.5. The normalized spacial score (nSPS) is 14.2. The van der Waals surface area contributed by atoms with Crippen molar-refractivity contribution in [2.45, 2.75) is 18.8 Å². The van der Waals surface area contributed by atoms with Crippen LogP contribution in [-0.2, 0) is 0 Å². The average molecular weight is 434 g/mol. The van der Waals surface area contributed by atoms with E-state index in [1.165, 1.54) is 0 Å². The van der Waals surface area contributed by atoms with Crippen LogP contribution in [0.25, 0.3) is 11.4 Å². The van der Waals surface area contributed by atoms with Crippen LogP contribution in [-0.4, -0.2) is 60.1 Å². The molecule has 3 aromatic rings. The standard InChI is InChI=1S/C24H27N5O3/c1-25-21-14-19(27-23(28-21)17-6-5-11-26-15-17)16-9-12-29(13-10-16)24(30)18-7-4-8-20(31-2)22(18)32-3/h4-8,11,14-16H,9-10,12-13H2,1-3H3,(H,25,27,28). The van der Waals surface area contributed by atoms with Crippen LogP contribution in [0.1, 0.15) is 34.8 Å². The maximum Gasteiger partial charge on any atom is 0.257 e. The van der Waals surface area contributed by atoms with Gasteiger partial charge in [-0.05, 0) is 37.1 Å². The van der Waals surface area contributed by atoms with Crippen LogP contribution in [0.15, 0.2) is 48.8 Å². The second-order valence-corrected chi connectivity index (χ2v) is 7.60. The molecule has 3 heterocycles. The van der Waals surface area contributed by atoms with Crippen LogP contribution < -0.4 is 14.8 Å². The smallest absolute Gasteiger partial charge is 0.257 e. The van der Waals surface area contributed by atoms with E-state index in [1.807, 2.05) is 36.2 Å². The molecule has 0 saturated carbocycles. The van der Waals surface area contributed by atoms with Gasteiger partial charge in [-0.1, -0.05) is 6.07 Å². The van der Waals surface area contributed by atoms with E-state index in [0.717, 1.165) is 29.9 Å². The quantitative estimate of drug-likeness (QED) is 0.635. The number of anilines is 1. The number of carbonyl (C=O) groups is 1. The minimum Gasteiger partial charge on any atom is -0.493 e. The topological polar surface area (TPSA) is 89.5 Å². The number of hydrogen-bond donors (Lipinski definition) is 1. The summed E-state index contributed by atoms with van der Waals surface area (Å²) in [5.41, 5.74) is 2.38. The summed E-state index contributed by atoms with van der Waals surface area (Å²) in [5.74, 6) is 2.65. The Labute approximate surface area is 187 Å². The number of carbonyl (C=O) groups excluding carboxylic acids is 1. The van der Waals surface area contributed by atoms with Crippen molar-refractivity contribution < 1.29 is 14.3 Å². The van der Waals surface area contributed by atoms with E-state index in [4.69, 9.17) is 14.5 Å². The largest absolute Gasteiger partial charge is 0.493 e. The molecular formula is C24H27N5O3. The minimum atomic E-state index is -0.0474. The Morgan fingerprint density at radius 1 is 1.09 bits per heavy atom. The van der Waals surface area contributed by atoms with Crippen LogP contribution in [0.4, 0.5) is 5.82 Å². The van der Waals surface area contributed by atoms with Gasteiger partial charge in [0.1, 0.15) is 5.82 Å². The van der Waals surface area contributed by atoms with Gasteiger partial charge in [0.05, 0.1) is 19.8 Å². The highest BCUT2D eigenvalue weighted by atomic mass is 16.5. The molecule has 8 heteroatoms. The Morgan fingerprint density at radius 3 is 2.56 bits per heavy atom. The Balaban J connectivity index is 1.51. The van der Waals surface area contributed by atoms with Crippen molar-refractivity contribution >= 4 is 11.7 Å². The van der Waals surface area contributed by atoms with Gasteiger partial charge >= 0.3 is 0 Å². The van der Waals surface area contributed by atoms with E-state index in [1.54, 1.807) is 38.7 Å². The van der Waals surface area contributed by atoms with E-state index in [0.29, 0.717) is 36.0 Å². The van der Waals surface area contributed by atoms with Crippen LogP contribution in [0.5, 0.6) is 11.5 Å². The molecule has 1 aliphatic heterocycles. The molecule has 1 fully saturated rings. The number of pyridine rings is 1. The molecule has 1 saturated heterocycles. The number of nitrogens with zero attached hydrogens (tertiary/aromatic N) is 4. The average Bonchev–Trinajstić information content (AvgIpc) is 2.88. The summed E-state index contributed by atoms with van der Waals surface area (Å²) in [4.78, 5) is 28.6. The van der Waals surface area contributed by atoms with E-state index in [9.17, 15) is 4.79 Å². The van der Waals surface area contributed by atoms with E-state index in [-0.39, 0.29) is 11.8 Å². The molecular weight excluding hydrogens is 406 g/mol. The van der Waals surface area contributed by atoms with Gasteiger partial charge in [0.15, 0.2) is 17.3 Å². The number of piperidine rings is 1. The molecule has 0 aliphatic carbocycles. The Hall–Kier alpha value is -3.68. The van der Waals surface area contributed by atoms with Gasteiger partial charge in [-0.3, -0.25) is 9.78 Å². The molecule has 0 unspecified atom stereocenters. The second kappa shape index (κ2) is 9.64. The van der Waals surface area contributed by atoms with Crippen LogP contribution in [0, 0.1) is 0 Å². The Kier molecular flexibility index (Phi) is 6.49. The number of rotatable bonds is 6. The van der Waals surface area contributed by atoms with E-state index in [2.05, 4.69) is 15.3 Å². The Bertz CT molecular complexity index is 1080. The number of methoxy groups -OCH3 is 2. The zero-order valence-electron chi connectivity index (χ0n) is 18.5. The number of aromatic nitrogens is 3. The molecule has 1 aliphatic rings. The van der Waals surface area contributed by atoms with Crippen LogP contribution in [0.3, 0.4) is 0 Å². The first-order valence-electron chi connectivity index (χ1n) is 10.6. The molecule has 1 N–H and O–H groups in total. The summed E-state index contributed by atoms with van der Waals surface area (Å²) in [6.07, 6.45) is 5.15. The number of hydrogen-bond acceptors (Lipinski definition) is 7. The summed E-state index contributed by atoms with van der Waals surface area (Å²) in [7, 11) is 4.97. The SMILES string of the molecule is CNc1cc(C2CCN(C(=O)c3cccc(OC)c3OC)CC2)nc(-c2cccnc2)n1. The fraction of sp³-hybridized carbons (Fsp3) is 0.333. The second-order valence-electron chi connectivity index (χ2n) is 7.60. The van der Waals surface area contributed by atoms with Crippen molar-refractivity contribution in [2.75, 3.05) is 39.7 Å². The molecule has 4 rings (SSSR count). The van der Waals surface area contributed by atoms with Crippen molar-refractivity contribution in [2.24, 2.45) is 0 Å². The molecule has 0 bridgehead atoms. The molecule has 0 atom stereocenters. The third-order valence-corrected chi connectivity index (χ3v) is 5.76. The number of ether oxygens (including phenoxy) is 2. The van der Waals surface area contributed by atoms with Gasteiger partial charge < -0.3 is 19.7 Å². The number of likely N-dealkylation sites (tertiary alicyclic amines) is 1. The number of benzene rings is 1. The highest BCUT2D eigenvalue weighted by Gasteiger charge is 2.28. The monoisotopic (exact) mass is 433 g/mol. The molecule has 2 aromatic heterocycles. The minimum absolute atomic E-state index is 0.0474. The first-order chi connectivity index (χ1) is 15.6. The van der Waals surface area contributed by atoms with Gasteiger partial charge in [0, 0.05) is 55.8 Å². The summed E-state index contributed by atoms with van der Waals surface area (Å²) < 4.78 is 10.8. The zero-order valence-corrected chi connectivity index (χ0v) is 18.5. The molecule has 1 amide bonds. The fourth-order valence-corrected chi connectivity index (χ4v) is 4.03. The van der Waals surface area contributed by atoms with Crippen LogP contribution in [0.2, 0.25) is 0 Å². The molecule has 1 aromatic carbocycles. The fourth-order valence-electron chi connectivity index (χ4n) is 4.03. The van der Waals surface area contributed by atoms with Gasteiger partial charge in [-0.15, -0.1) is 0 Å². The summed E-state index contributed by atoms with van der Waals surface area (Å²) in [6, 6.07) is 11.2. The lowest BCUT2D eigenvalue weighted by Crippen LogP contribution is -2.38. The van der Waals surface area contributed by atoms with Crippen molar-refractivity contribution in [1.82, 2.24) is 19.9 Å². The number of nitrogens with one attached hydrogen (secondary N) is 1. The number of amides is 1. The molecule has 0 spiro atoms. The number of para-hydroxylation sites is 1. The van der Waals surface area contributed by atoms with Crippen molar-refractivity contribution in [3.05, 3.63) is 60.0 Å². The third-order valence-electron chi connectivity index (χ3n) is 5.76. The summed E-state index contributed by atoms with van der Waals surface area (Å²) >= 11 is 0. The highest BCUT2D eigenvalue weighted by Crippen LogP contribution is 2.34. The molecule has 32 heavy (non-hydrogen) atoms. The molecule has 0 radical (unpaired) electrons. The van der Waals surface area contributed by atoms with Crippen molar-refractivity contribution in [3.63, 3.8) is 0 Å². The lowest BCUT2D eigenvalue weighted by molar-refractivity contribution is 0.0708. The van der Waals surface area contributed by atoms with Crippen LogP contribution >= 0.6 is 0 Å². The van der Waals surface area contributed by atoms with Gasteiger partial charge in [-0.25, -0.2) is 9.97 Å². The lowest BCUT2D eigenvalue weighted by Gasteiger charge is -2.32. The third kappa shape index (κ3) is 4.34. The maximum atomic E-state index is 13.2. The molecule has 166 valence electrons.